The van der Waals surface area contributed by atoms with Crippen LogP contribution in [-0.4, -0.2) is 46.1 Å². The van der Waals surface area contributed by atoms with Crippen molar-refractivity contribution in [2.45, 2.75) is 32.0 Å². The average molecular weight is 247 g/mol. The SMILES string of the molecule is C[C@@H]1C[C@H]2CCN(C(=O)c3cnccn3)C[C@@H]2O1. The van der Waals surface area contributed by atoms with Gasteiger partial charge in [0.05, 0.1) is 18.4 Å². The Hall–Kier alpha value is -1.49. The first kappa shape index (κ1) is 11.6. The van der Waals surface area contributed by atoms with Crippen molar-refractivity contribution >= 4 is 5.91 Å². The molecule has 2 fully saturated rings. The lowest BCUT2D eigenvalue weighted by Crippen LogP contribution is -2.45. The number of nitrogens with zero attached hydrogens (tertiary/aromatic N) is 3. The molecule has 0 radical (unpaired) electrons. The molecule has 2 saturated heterocycles. The Kier molecular flexibility index (Phi) is 2.99. The average Bonchev–Trinajstić information content (AvgIpc) is 2.78. The number of rotatable bonds is 1. The Morgan fingerprint density at radius 1 is 1.50 bits per heavy atom. The van der Waals surface area contributed by atoms with Crippen molar-refractivity contribution in [2.75, 3.05) is 13.1 Å². The summed E-state index contributed by atoms with van der Waals surface area (Å²) >= 11 is 0. The number of fused-ring (bicyclic) bond motifs is 1. The van der Waals surface area contributed by atoms with E-state index in [1.165, 1.54) is 6.20 Å². The summed E-state index contributed by atoms with van der Waals surface area (Å²) in [5.74, 6) is 0.579. The van der Waals surface area contributed by atoms with E-state index >= 15 is 0 Å². The van der Waals surface area contributed by atoms with E-state index in [4.69, 9.17) is 4.74 Å². The van der Waals surface area contributed by atoms with Gasteiger partial charge in [0.1, 0.15) is 5.69 Å². The number of ether oxygens (including phenoxy) is 1. The summed E-state index contributed by atoms with van der Waals surface area (Å²) in [7, 11) is 0. The third-order valence-corrected chi connectivity index (χ3v) is 3.81. The molecule has 2 aliphatic rings. The van der Waals surface area contributed by atoms with Crippen LogP contribution in [0.2, 0.25) is 0 Å². The molecule has 0 bridgehead atoms. The normalized spacial score (nSPS) is 31.2. The monoisotopic (exact) mass is 247 g/mol. The molecule has 3 atom stereocenters. The highest BCUT2D eigenvalue weighted by Crippen LogP contribution is 2.33. The largest absolute Gasteiger partial charge is 0.373 e. The van der Waals surface area contributed by atoms with Crippen LogP contribution in [0, 0.1) is 5.92 Å². The molecular weight excluding hydrogens is 230 g/mol. The van der Waals surface area contributed by atoms with E-state index in [0.29, 0.717) is 24.3 Å². The summed E-state index contributed by atoms with van der Waals surface area (Å²) in [5, 5.41) is 0. The van der Waals surface area contributed by atoms with Crippen LogP contribution in [0.1, 0.15) is 30.3 Å². The van der Waals surface area contributed by atoms with E-state index < -0.39 is 0 Å². The smallest absolute Gasteiger partial charge is 0.274 e. The molecule has 0 spiro atoms. The van der Waals surface area contributed by atoms with Gasteiger partial charge in [0.25, 0.3) is 5.91 Å². The number of carbonyl (C=O) groups excluding carboxylic acids is 1. The maximum atomic E-state index is 12.2. The van der Waals surface area contributed by atoms with Gasteiger partial charge in [0.15, 0.2) is 0 Å². The first-order valence-electron chi connectivity index (χ1n) is 6.45. The molecule has 96 valence electrons. The quantitative estimate of drug-likeness (QED) is 0.746. The van der Waals surface area contributed by atoms with E-state index in [1.807, 2.05) is 4.90 Å². The number of aromatic nitrogens is 2. The van der Waals surface area contributed by atoms with E-state index in [1.54, 1.807) is 12.4 Å². The fourth-order valence-electron chi connectivity index (χ4n) is 2.93. The summed E-state index contributed by atoms with van der Waals surface area (Å²) in [6.45, 7) is 3.59. The van der Waals surface area contributed by atoms with Gasteiger partial charge in [-0.3, -0.25) is 9.78 Å². The zero-order chi connectivity index (χ0) is 12.5. The summed E-state index contributed by atoms with van der Waals surface area (Å²) in [6, 6.07) is 0. The molecule has 1 amide bonds. The Bertz CT molecular complexity index is 437. The molecule has 1 aromatic heterocycles. The van der Waals surface area contributed by atoms with Gasteiger partial charge in [-0.25, -0.2) is 4.98 Å². The molecule has 3 rings (SSSR count). The molecular formula is C13H17N3O2. The van der Waals surface area contributed by atoms with Gasteiger partial charge < -0.3 is 9.64 Å². The molecule has 18 heavy (non-hydrogen) atoms. The summed E-state index contributed by atoms with van der Waals surface area (Å²) < 4.78 is 5.85. The predicted octanol–water partition coefficient (Wildman–Crippen LogP) is 1.12. The lowest BCUT2D eigenvalue weighted by Gasteiger charge is -2.33. The van der Waals surface area contributed by atoms with Crippen molar-refractivity contribution in [3.63, 3.8) is 0 Å². The third kappa shape index (κ3) is 2.10. The molecule has 5 heteroatoms. The van der Waals surface area contributed by atoms with Crippen LogP contribution in [0.25, 0.3) is 0 Å². The van der Waals surface area contributed by atoms with Gasteiger partial charge in [-0.05, 0) is 25.7 Å². The van der Waals surface area contributed by atoms with E-state index in [9.17, 15) is 4.79 Å². The maximum absolute atomic E-state index is 12.2. The second kappa shape index (κ2) is 4.65. The lowest BCUT2D eigenvalue weighted by molar-refractivity contribution is 0.00136. The Morgan fingerprint density at radius 2 is 2.39 bits per heavy atom. The maximum Gasteiger partial charge on any atom is 0.274 e. The first-order valence-corrected chi connectivity index (χ1v) is 6.45. The van der Waals surface area contributed by atoms with Gasteiger partial charge in [-0.1, -0.05) is 0 Å². The Labute approximate surface area is 106 Å². The van der Waals surface area contributed by atoms with Crippen molar-refractivity contribution in [2.24, 2.45) is 5.92 Å². The number of carbonyl (C=O) groups is 1. The second-order valence-corrected chi connectivity index (χ2v) is 5.11. The first-order chi connectivity index (χ1) is 8.74. The number of hydrogen-bond donors (Lipinski definition) is 0. The van der Waals surface area contributed by atoms with Gasteiger partial charge in [0.2, 0.25) is 0 Å². The lowest BCUT2D eigenvalue weighted by atomic mass is 9.92. The number of piperidine rings is 1. The van der Waals surface area contributed by atoms with Crippen LogP contribution in [0.15, 0.2) is 18.6 Å². The molecule has 0 unspecified atom stereocenters. The minimum absolute atomic E-state index is 0.0373. The standard InChI is InChI=1S/C13H17N3O2/c1-9-6-10-2-5-16(8-12(10)18-9)13(17)11-7-14-3-4-15-11/h3-4,7,9-10,12H,2,5-6,8H2,1H3/t9-,10-,12+/m1/s1. The zero-order valence-corrected chi connectivity index (χ0v) is 10.5. The molecule has 1 aromatic rings. The van der Waals surface area contributed by atoms with Crippen molar-refractivity contribution in [1.29, 1.82) is 0 Å². The fraction of sp³-hybridized carbons (Fsp3) is 0.615. The van der Waals surface area contributed by atoms with Crippen LogP contribution in [-0.2, 0) is 4.74 Å². The van der Waals surface area contributed by atoms with Crippen LogP contribution >= 0.6 is 0 Å². The summed E-state index contributed by atoms with van der Waals surface area (Å²) in [4.78, 5) is 22.1. The summed E-state index contributed by atoms with van der Waals surface area (Å²) in [6.07, 6.45) is 7.32. The highest BCUT2D eigenvalue weighted by molar-refractivity contribution is 5.92. The topological polar surface area (TPSA) is 55.3 Å². The highest BCUT2D eigenvalue weighted by atomic mass is 16.5. The Balaban J connectivity index is 1.70. The van der Waals surface area contributed by atoms with Gasteiger partial charge in [-0.2, -0.15) is 0 Å². The van der Waals surface area contributed by atoms with Crippen LogP contribution in [0.3, 0.4) is 0 Å². The molecule has 0 aromatic carbocycles. The van der Waals surface area contributed by atoms with E-state index in [-0.39, 0.29) is 12.0 Å². The Morgan fingerprint density at radius 3 is 3.17 bits per heavy atom. The van der Waals surface area contributed by atoms with Crippen LogP contribution < -0.4 is 0 Å². The number of hydrogen-bond acceptors (Lipinski definition) is 4. The molecule has 0 saturated carbocycles. The van der Waals surface area contributed by atoms with Crippen molar-refractivity contribution in [3.8, 4) is 0 Å². The van der Waals surface area contributed by atoms with Gasteiger partial charge in [-0.15, -0.1) is 0 Å². The third-order valence-electron chi connectivity index (χ3n) is 3.81. The molecule has 2 aliphatic heterocycles. The molecule has 0 aliphatic carbocycles. The van der Waals surface area contributed by atoms with Crippen LogP contribution in [0.4, 0.5) is 0 Å². The highest BCUT2D eigenvalue weighted by Gasteiger charge is 2.38. The number of likely N-dealkylation sites (tertiary alicyclic amines) is 1. The minimum Gasteiger partial charge on any atom is -0.373 e. The molecule has 0 N–H and O–H groups in total. The van der Waals surface area contributed by atoms with E-state index in [2.05, 4.69) is 16.9 Å². The number of amides is 1. The van der Waals surface area contributed by atoms with E-state index in [0.717, 1.165) is 19.4 Å². The zero-order valence-electron chi connectivity index (χ0n) is 10.5. The molecule has 3 heterocycles. The second-order valence-electron chi connectivity index (χ2n) is 5.11. The molecule has 5 nitrogen and oxygen atoms in total. The van der Waals surface area contributed by atoms with Gasteiger partial charge in [0, 0.05) is 25.5 Å². The fourth-order valence-corrected chi connectivity index (χ4v) is 2.93. The predicted molar refractivity (Wildman–Crippen MR) is 65.0 cm³/mol. The minimum atomic E-state index is -0.0373. The summed E-state index contributed by atoms with van der Waals surface area (Å²) in [5.41, 5.74) is 0.419. The van der Waals surface area contributed by atoms with Gasteiger partial charge >= 0.3 is 0 Å². The van der Waals surface area contributed by atoms with Crippen molar-refractivity contribution < 1.29 is 9.53 Å². The van der Waals surface area contributed by atoms with Crippen LogP contribution in [0.5, 0.6) is 0 Å². The van der Waals surface area contributed by atoms with Crippen molar-refractivity contribution in [1.82, 2.24) is 14.9 Å². The van der Waals surface area contributed by atoms with Crippen molar-refractivity contribution in [3.05, 3.63) is 24.3 Å².